The van der Waals surface area contributed by atoms with E-state index in [9.17, 15) is 32.7 Å². The number of anilines is 2. The number of H-pyrrole nitrogens is 1. The Balaban J connectivity index is 0.000000738. The number of urea groups is 1. The van der Waals surface area contributed by atoms with E-state index in [4.69, 9.17) is 31.0 Å². The minimum Gasteiger partial charge on any atom is -0.493 e. The molecular formula is C30H28ClF3N4O8. The van der Waals surface area contributed by atoms with E-state index in [-0.39, 0.29) is 29.2 Å². The standard InChI is InChI=1S/C28H27ClN4O6.C2HF3O2/c1-15-7-6-9-19(29)25(15)33-28(37)32-21-13-24(39-3)23(38-2)12-18(21)26(34)31-22(27(35)36)11-16-14-30-20-10-5-4-8-17(16)20;3-2(4,5)1(6)7/h4-10,12-14,22,30H,11H2,1-3H3,(H,31,34)(H,35,36)(H2,32,33,37);(H,6,7)/t22-;/m0./s1. The first-order valence-electron chi connectivity index (χ1n) is 13.1. The minimum absolute atomic E-state index is 0.0242. The average molecular weight is 665 g/mol. The molecule has 1 aromatic heterocycles. The molecule has 4 rings (SSSR count). The van der Waals surface area contributed by atoms with Gasteiger partial charge in [-0.3, -0.25) is 4.79 Å². The Hall–Kier alpha value is -5.44. The number of hydrogen-bond acceptors (Lipinski definition) is 6. The first kappa shape index (κ1) is 35.0. The molecule has 3 aromatic carbocycles. The largest absolute Gasteiger partial charge is 0.493 e. The van der Waals surface area contributed by atoms with Gasteiger partial charge in [0.2, 0.25) is 0 Å². The molecule has 6 N–H and O–H groups in total. The third-order valence-electron chi connectivity index (χ3n) is 6.42. The fraction of sp³-hybridized carbons (Fsp3) is 0.200. The van der Waals surface area contributed by atoms with Crippen LogP contribution in [-0.4, -0.2) is 65.5 Å². The van der Waals surface area contributed by atoms with Gasteiger partial charge in [0.1, 0.15) is 6.04 Å². The lowest BCUT2D eigenvalue weighted by atomic mass is 10.0. The summed E-state index contributed by atoms with van der Waals surface area (Å²) in [5.41, 5.74) is 2.79. The molecule has 16 heteroatoms. The highest BCUT2D eigenvalue weighted by atomic mass is 35.5. The van der Waals surface area contributed by atoms with Crippen LogP contribution in [0.5, 0.6) is 11.5 Å². The number of fused-ring (bicyclic) bond motifs is 1. The maximum atomic E-state index is 13.4. The predicted molar refractivity (Wildman–Crippen MR) is 163 cm³/mol. The lowest BCUT2D eigenvalue weighted by Crippen LogP contribution is -2.42. The van der Waals surface area contributed by atoms with Crippen molar-refractivity contribution >= 4 is 57.8 Å². The van der Waals surface area contributed by atoms with Crippen LogP contribution < -0.4 is 25.4 Å². The smallest absolute Gasteiger partial charge is 0.490 e. The molecular weight excluding hydrogens is 637 g/mol. The SMILES string of the molecule is COc1cc(NC(=O)Nc2c(C)cccc2Cl)c(C(=O)N[C@@H](Cc2c[nH]c3ccccc23)C(=O)O)cc1OC.O=C(O)C(F)(F)F. The first-order chi connectivity index (χ1) is 21.7. The number of aromatic nitrogens is 1. The van der Waals surface area contributed by atoms with Crippen molar-refractivity contribution in [2.75, 3.05) is 24.9 Å². The molecule has 1 atom stereocenters. The summed E-state index contributed by atoms with van der Waals surface area (Å²) in [7, 11) is 2.81. The number of aromatic amines is 1. The summed E-state index contributed by atoms with van der Waals surface area (Å²) in [6.45, 7) is 1.79. The molecule has 0 aliphatic rings. The molecule has 4 aromatic rings. The van der Waals surface area contributed by atoms with Crippen LogP contribution in [-0.2, 0) is 16.0 Å². The molecule has 0 unspecified atom stereocenters. The fourth-order valence-electron chi connectivity index (χ4n) is 4.18. The quantitative estimate of drug-likeness (QED) is 0.129. The van der Waals surface area contributed by atoms with Gasteiger partial charge in [0.05, 0.1) is 36.2 Å². The summed E-state index contributed by atoms with van der Waals surface area (Å²) in [4.78, 5) is 50.4. The number of amides is 3. The monoisotopic (exact) mass is 664 g/mol. The van der Waals surface area contributed by atoms with Gasteiger partial charge in [0, 0.05) is 29.6 Å². The molecule has 46 heavy (non-hydrogen) atoms. The van der Waals surface area contributed by atoms with Crippen LogP contribution in [0, 0.1) is 6.92 Å². The van der Waals surface area contributed by atoms with Crippen molar-refractivity contribution in [3.63, 3.8) is 0 Å². The van der Waals surface area contributed by atoms with Gasteiger partial charge in [-0.2, -0.15) is 13.2 Å². The van der Waals surface area contributed by atoms with Crippen molar-refractivity contribution in [3.8, 4) is 11.5 Å². The number of methoxy groups -OCH3 is 2. The summed E-state index contributed by atoms with van der Waals surface area (Å²) in [6.07, 6.45) is -3.33. The number of hydrogen-bond donors (Lipinski definition) is 6. The van der Waals surface area contributed by atoms with E-state index in [1.165, 1.54) is 26.4 Å². The minimum atomic E-state index is -5.08. The lowest BCUT2D eigenvalue weighted by Gasteiger charge is -2.19. The number of rotatable bonds is 9. The zero-order chi connectivity index (χ0) is 34.2. The number of carboxylic acids is 2. The highest BCUT2D eigenvalue weighted by Crippen LogP contribution is 2.34. The van der Waals surface area contributed by atoms with Crippen molar-refractivity contribution in [2.45, 2.75) is 25.6 Å². The first-order valence-corrected chi connectivity index (χ1v) is 13.5. The Morgan fingerprint density at radius 1 is 0.957 bits per heavy atom. The van der Waals surface area contributed by atoms with E-state index in [1.807, 2.05) is 24.3 Å². The van der Waals surface area contributed by atoms with Gasteiger partial charge in [-0.25, -0.2) is 14.4 Å². The summed E-state index contributed by atoms with van der Waals surface area (Å²) < 4.78 is 42.4. The molecule has 0 bridgehead atoms. The molecule has 0 saturated carbocycles. The van der Waals surface area contributed by atoms with E-state index in [1.54, 1.807) is 31.3 Å². The van der Waals surface area contributed by atoms with Crippen molar-refractivity contribution in [1.82, 2.24) is 10.3 Å². The maximum Gasteiger partial charge on any atom is 0.490 e. The third kappa shape index (κ3) is 8.81. The van der Waals surface area contributed by atoms with Gasteiger partial charge in [-0.05, 0) is 36.2 Å². The van der Waals surface area contributed by atoms with Crippen LogP contribution >= 0.6 is 11.6 Å². The van der Waals surface area contributed by atoms with Crippen LogP contribution in [0.15, 0.2) is 60.8 Å². The normalized spacial score (nSPS) is 11.5. The van der Waals surface area contributed by atoms with Crippen LogP contribution in [0.4, 0.5) is 29.3 Å². The second kappa shape index (κ2) is 15.0. The second-order valence-electron chi connectivity index (χ2n) is 9.49. The van der Waals surface area contributed by atoms with E-state index in [0.717, 1.165) is 22.0 Å². The van der Waals surface area contributed by atoms with Gasteiger partial charge < -0.3 is 40.6 Å². The lowest BCUT2D eigenvalue weighted by molar-refractivity contribution is -0.192. The molecule has 0 spiro atoms. The molecule has 0 fully saturated rings. The molecule has 0 saturated heterocycles. The van der Waals surface area contributed by atoms with Gasteiger partial charge in [-0.1, -0.05) is 41.9 Å². The third-order valence-corrected chi connectivity index (χ3v) is 6.74. The van der Waals surface area contributed by atoms with Crippen molar-refractivity contribution < 1.29 is 52.0 Å². The van der Waals surface area contributed by atoms with E-state index in [2.05, 4.69) is 20.9 Å². The number of alkyl halides is 3. The van der Waals surface area contributed by atoms with Crippen LogP contribution in [0.25, 0.3) is 10.9 Å². The number of aryl methyl sites for hydroxylation is 1. The molecule has 3 amide bonds. The van der Waals surface area contributed by atoms with Crippen LogP contribution in [0.2, 0.25) is 5.02 Å². The number of carboxylic acid groups (broad SMARTS) is 2. The summed E-state index contributed by atoms with van der Waals surface area (Å²) >= 11 is 6.23. The fourth-order valence-corrected chi connectivity index (χ4v) is 4.45. The number of para-hydroxylation sites is 2. The topological polar surface area (TPSA) is 179 Å². The van der Waals surface area contributed by atoms with E-state index < -0.39 is 36.1 Å². The molecule has 244 valence electrons. The maximum absolute atomic E-state index is 13.4. The molecule has 0 aliphatic carbocycles. The van der Waals surface area contributed by atoms with Crippen molar-refractivity contribution in [2.24, 2.45) is 0 Å². The zero-order valence-electron chi connectivity index (χ0n) is 24.4. The number of carbonyl (C=O) groups is 4. The number of ether oxygens (including phenoxy) is 2. The number of nitrogens with one attached hydrogen (secondary N) is 4. The molecule has 1 heterocycles. The number of benzene rings is 3. The van der Waals surface area contributed by atoms with Gasteiger partial charge in [-0.15, -0.1) is 0 Å². The Labute approximate surface area is 264 Å². The van der Waals surface area contributed by atoms with Crippen molar-refractivity contribution in [1.29, 1.82) is 0 Å². The van der Waals surface area contributed by atoms with Gasteiger partial charge in [0.25, 0.3) is 5.91 Å². The number of carbonyl (C=O) groups excluding carboxylic acids is 2. The highest BCUT2D eigenvalue weighted by Gasteiger charge is 2.38. The highest BCUT2D eigenvalue weighted by molar-refractivity contribution is 6.34. The second-order valence-corrected chi connectivity index (χ2v) is 9.90. The Bertz CT molecular complexity index is 1740. The Morgan fingerprint density at radius 3 is 2.17 bits per heavy atom. The van der Waals surface area contributed by atoms with Gasteiger partial charge in [0.15, 0.2) is 11.5 Å². The average Bonchev–Trinajstić information content (AvgIpc) is 3.40. The summed E-state index contributed by atoms with van der Waals surface area (Å²) in [5, 5.41) is 26.1. The molecule has 0 aliphatic heterocycles. The van der Waals surface area contributed by atoms with E-state index >= 15 is 0 Å². The number of aliphatic carboxylic acids is 2. The summed E-state index contributed by atoms with van der Waals surface area (Å²) in [6, 6.07) is 13.5. The summed E-state index contributed by atoms with van der Waals surface area (Å²) in [5.74, 6) is -4.22. The number of halogens is 4. The zero-order valence-corrected chi connectivity index (χ0v) is 25.2. The van der Waals surface area contributed by atoms with Gasteiger partial charge >= 0.3 is 24.1 Å². The molecule has 12 nitrogen and oxygen atoms in total. The van der Waals surface area contributed by atoms with Crippen LogP contribution in [0.1, 0.15) is 21.5 Å². The predicted octanol–water partition coefficient (Wildman–Crippen LogP) is 5.85. The van der Waals surface area contributed by atoms with Crippen LogP contribution in [0.3, 0.4) is 0 Å². The Morgan fingerprint density at radius 2 is 1.59 bits per heavy atom. The molecule has 0 radical (unpaired) electrons. The Kier molecular flexibility index (Phi) is 11.4. The van der Waals surface area contributed by atoms with Crippen molar-refractivity contribution in [3.05, 3.63) is 82.5 Å². The van der Waals surface area contributed by atoms with E-state index in [0.29, 0.717) is 10.7 Å².